The predicted molar refractivity (Wildman–Crippen MR) is 49.7 cm³/mol. The molecular weight excluding hydrogens is 178 g/mol. The molecule has 1 saturated heterocycles. The first-order valence-corrected chi connectivity index (χ1v) is 4.00. The molecule has 4 heteroatoms. The summed E-state index contributed by atoms with van der Waals surface area (Å²) in [6.45, 7) is 4.83. The number of hydrogen-bond donors (Lipinski definition) is 2. The van der Waals surface area contributed by atoms with Gasteiger partial charge in [-0.1, -0.05) is 13.8 Å². The van der Waals surface area contributed by atoms with Crippen molar-refractivity contribution in [2.75, 3.05) is 6.54 Å². The van der Waals surface area contributed by atoms with Gasteiger partial charge in [0.05, 0.1) is 0 Å². The second-order valence-corrected chi connectivity index (χ2v) is 3.82. The maximum Gasteiger partial charge on any atom is 0.321 e. The number of carbonyl (C=O) groups is 1. The Labute approximate surface area is 78.9 Å². The van der Waals surface area contributed by atoms with Crippen molar-refractivity contribution in [2.45, 2.75) is 32.7 Å². The lowest BCUT2D eigenvalue weighted by molar-refractivity contribution is -0.143. The third-order valence-corrected chi connectivity index (χ3v) is 2.37. The predicted octanol–water partition coefficient (Wildman–Crippen LogP) is 1.27. The fourth-order valence-electron chi connectivity index (χ4n) is 1.63. The fraction of sp³-hybridized carbons (Fsp3) is 0.875. The summed E-state index contributed by atoms with van der Waals surface area (Å²) in [5.74, 6) is -0.727. The zero-order valence-corrected chi connectivity index (χ0v) is 8.28. The van der Waals surface area contributed by atoms with E-state index < -0.39 is 5.97 Å². The Morgan fingerprint density at radius 1 is 1.58 bits per heavy atom. The average molecular weight is 194 g/mol. The highest BCUT2D eigenvalue weighted by atomic mass is 35.5. The van der Waals surface area contributed by atoms with Crippen LogP contribution in [0.1, 0.15) is 26.7 Å². The van der Waals surface area contributed by atoms with Crippen LogP contribution in [0.25, 0.3) is 0 Å². The second-order valence-electron chi connectivity index (χ2n) is 3.82. The quantitative estimate of drug-likeness (QED) is 0.660. The zero-order valence-electron chi connectivity index (χ0n) is 7.46. The molecule has 2 N–H and O–H groups in total. The van der Waals surface area contributed by atoms with Gasteiger partial charge in [0.15, 0.2) is 0 Å². The first-order valence-electron chi connectivity index (χ1n) is 4.00. The van der Waals surface area contributed by atoms with Gasteiger partial charge in [0.1, 0.15) is 6.04 Å². The summed E-state index contributed by atoms with van der Waals surface area (Å²) in [6, 6.07) is -0.365. The molecule has 1 heterocycles. The van der Waals surface area contributed by atoms with Crippen LogP contribution in [-0.4, -0.2) is 23.7 Å². The Balaban J connectivity index is 0.00000121. The smallest absolute Gasteiger partial charge is 0.321 e. The van der Waals surface area contributed by atoms with E-state index in [1.165, 1.54) is 0 Å². The fourth-order valence-corrected chi connectivity index (χ4v) is 1.63. The van der Waals surface area contributed by atoms with Crippen molar-refractivity contribution in [1.29, 1.82) is 0 Å². The van der Waals surface area contributed by atoms with Crippen molar-refractivity contribution in [3.8, 4) is 0 Å². The Morgan fingerprint density at radius 3 is 2.50 bits per heavy atom. The molecule has 0 spiro atoms. The molecule has 0 aromatic carbocycles. The number of halogens is 1. The van der Waals surface area contributed by atoms with Gasteiger partial charge >= 0.3 is 5.97 Å². The number of piperidine rings is 1. The summed E-state index contributed by atoms with van der Waals surface area (Å²) in [4.78, 5) is 10.7. The molecule has 72 valence electrons. The largest absolute Gasteiger partial charge is 0.480 e. The van der Waals surface area contributed by atoms with Crippen LogP contribution in [0, 0.1) is 5.41 Å². The SMILES string of the molecule is CC1(C)CCCNC1C(=O)O.Cl. The molecule has 1 fully saturated rings. The van der Waals surface area contributed by atoms with E-state index in [4.69, 9.17) is 5.11 Å². The first kappa shape index (κ1) is 11.7. The monoisotopic (exact) mass is 193 g/mol. The molecule has 0 aromatic rings. The minimum absolute atomic E-state index is 0. The van der Waals surface area contributed by atoms with Crippen LogP contribution < -0.4 is 5.32 Å². The molecule has 1 aliphatic heterocycles. The van der Waals surface area contributed by atoms with Crippen molar-refractivity contribution in [2.24, 2.45) is 5.41 Å². The standard InChI is InChI=1S/C8H15NO2.ClH/c1-8(2)4-3-5-9-6(8)7(10)11;/h6,9H,3-5H2,1-2H3,(H,10,11);1H. The number of aliphatic carboxylic acids is 1. The minimum Gasteiger partial charge on any atom is -0.480 e. The lowest BCUT2D eigenvalue weighted by Crippen LogP contribution is -2.51. The van der Waals surface area contributed by atoms with E-state index >= 15 is 0 Å². The van der Waals surface area contributed by atoms with Crippen LogP contribution in [0.15, 0.2) is 0 Å². The topological polar surface area (TPSA) is 49.3 Å². The van der Waals surface area contributed by atoms with Crippen molar-refractivity contribution in [3.05, 3.63) is 0 Å². The maximum absolute atomic E-state index is 10.7. The Morgan fingerprint density at radius 2 is 2.17 bits per heavy atom. The molecule has 12 heavy (non-hydrogen) atoms. The van der Waals surface area contributed by atoms with E-state index in [0.717, 1.165) is 19.4 Å². The van der Waals surface area contributed by atoms with Gasteiger partial charge < -0.3 is 10.4 Å². The molecule has 0 aliphatic carbocycles. The third kappa shape index (κ3) is 2.35. The summed E-state index contributed by atoms with van der Waals surface area (Å²) in [5.41, 5.74) is -0.0932. The van der Waals surface area contributed by atoms with Gasteiger partial charge in [0.25, 0.3) is 0 Å². The van der Waals surface area contributed by atoms with Crippen LogP contribution >= 0.6 is 12.4 Å². The Hall–Kier alpha value is -0.280. The summed E-state index contributed by atoms with van der Waals surface area (Å²) >= 11 is 0. The van der Waals surface area contributed by atoms with Gasteiger partial charge in [-0.15, -0.1) is 12.4 Å². The maximum atomic E-state index is 10.7. The van der Waals surface area contributed by atoms with Crippen molar-refractivity contribution in [3.63, 3.8) is 0 Å². The van der Waals surface area contributed by atoms with Crippen molar-refractivity contribution >= 4 is 18.4 Å². The van der Waals surface area contributed by atoms with E-state index in [2.05, 4.69) is 5.32 Å². The molecule has 1 unspecified atom stereocenters. The van der Waals surface area contributed by atoms with Gasteiger partial charge in [0, 0.05) is 0 Å². The average Bonchev–Trinajstić information content (AvgIpc) is 1.85. The summed E-state index contributed by atoms with van der Waals surface area (Å²) < 4.78 is 0. The van der Waals surface area contributed by atoms with Crippen LogP contribution in [0.5, 0.6) is 0 Å². The van der Waals surface area contributed by atoms with Crippen molar-refractivity contribution < 1.29 is 9.90 Å². The number of carboxylic acids is 1. The van der Waals surface area contributed by atoms with E-state index in [1.807, 2.05) is 13.8 Å². The van der Waals surface area contributed by atoms with E-state index in [1.54, 1.807) is 0 Å². The van der Waals surface area contributed by atoms with Gasteiger partial charge in [-0.2, -0.15) is 0 Å². The third-order valence-electron chi connectivity index (χ3n) is 2.37. The minimum atomic E-state index is -0.727. The number of hydrogen-bond acceptors (Lipinski definition) is 2. The molecule has 1 aliphatic rings. The lowest BCUT2D eigenvalue weighted by Gasteiger charge is -2.36. The molecule has 1 rings (SSSR count). The van der Waals surface area contributed by atoms with Gasteiger partial charge in [-0.3, -0.25) is 4.79 Å². The highest BCUT2D eigenvalue weighted by molar-refractivity contribution is 5.85. The molecule has 1 atom stereocenters. The zero-order chi connectivity index (χ0) is 8.48. The molecule has 0 bridgehead atoms. The highest BCUT2D eigenvalue weighted by Crippen LogP contribution is 2.29. The van der Waals surface area contributed by atoms with E-state index in [-0.39, 0.29) is 23.9 Å². The molecule has 3 nitrogen and oxygen atoms in total. The normalized spacial score (nSPS) is 27.3. The number of nitrogens with one attached hydrogen (secondary N) is 1. The first-order chi connectivity index (χ1) is 5.04. The summed E-state index contributed by atoms with van der Waals surface area (Å²) in [5, 5.41) is 11.8. The lowest BCUT2D eigenvalue weighted by atomic mass is 9.78. The van der Waals surface area contributed by atoms with E-state index in [0.29, 0.717) is 0 Å². The van der Waals surface area contributed by atoms with Crippen molar-refractivity contribution in [1.82, 2.24) is 5.32 Å². The van der Waals surface area contributed by atoms with Crippen LogP contribution in [0.2, 0.25) is 0 Å². The Kier molecular flexibility index (Phi) is 4.00. The van der Waals surface area contributed by atoms with Crippen LogP contribution in [0.4, 0.5) is 0 Å². The van der Waals surface area contributed by atoms with E-state index in [9.17, 15) is 4.79 Å². The highest BCUT2D eigenvalue weighted by Gasteiger charge is 2.36. The van der Waals surface area contributed by atoms with Gasteiger partial charge in [0.2, 0.25) is 0 Å². The summed E-state index contributed by atoms with van der Waals surface area (Å²) in [6.07, 6.45) is 2.08. The molecular formula is C8H16ClNO2. The second kappa shape index (κ2) is 4.10. The molecule has 0 amide bonds. The summed E-state index contributed by atoms with van der Waals surface area (Å²) in [7, 11) is 0. The van der Waals surface area contributed by atoms with Gasteiger partial charge in [-0.25, -0.2) is 0 Å². The van der Waals surface area contributed by atoms with Crippen LogP contribution in [-0.2, 0) is 4.79 Å². The molecule has 0 radical (unpaired) electrons. The van der Waals surface area contributed by atoms with Crippen LogP contribution in [0.3, 0.4) is 0 Å². The number of rotatable bonds is 1. The molecule has 0 saturated carbocycles. The number of carboxylic acid groups (broad SMARTS) is 1. The Bertz CT molecular complexity index is 170. The molecule has 0 aromatic heterocycles. The van der Waals surface area contributed by atoms with Gasteiger partial charge in [-0.05, 0) is 24.8 Å².